The molecule has 0 amide bonds. The smallest absolute Gasteiger partial charge is 0.0949 e. The van der Waals surface area contributed by atoms with Gasteiger partial charge in [-0.1, -0.05) is 6.07 Å². The molecule has 3 aromatic heterocycles. The van der Waals surface area contributed by atoms with Gasteiger partial charge < -0.3 is 5.32 Å². The third-order valence-electron chi connectivity index (χ3n) is 3.63. The van der Waals surface area contributed by atoms with Gasteiger partial charge in [0.25, 0.3) is 0 Å². The first-order valence-corrected chi connectivity index (χ1v) is 7.53. The normalized spacial score (nSPS) is 12.9. The van der Waals surface area contributed by atoms with E-state index in [1.54, 1.807) is 11.3 Å². The number of hydrogen-bond acceptors (Lipinski definition) is 4. The molecule has 0 saturated carbocycles. The molecule has 0 spiro atoms. The van der Waals surface area contributed by atoms with Gasteiger partial charge in [-0.15, -0.1) is 11.3 Å². The van der Waals surface area contributed by atoms with E-state index in [0.717, 1.165) is 17.6 Å². The molecule has 0 aliphatic carbocycles. The molecule has 5 heteroatoms. The van der Waals surface area contributed by atoms with Crippen molar-refractivity contribution >= 4 is 16.9 Å². The highest BCUT2D eigenvalue weighted by atomic mass is 32.1. The van der Waals surface area contributed by atoms with Gasteiger partial charge in [0, 0.05) is 29.1 Å². The fraction of sp³-hybridized carbons (Fsp3) is 0.333. The van der Waals surface area contributed by atoms with Crippen LogP contribution in [0.25, 0.3) is 5.52 Å². The highest BCUT2D eigenvalue weighted by Gasteiger charge is 2.17. The number of likely N-dealkylation sites (N-methyl/N-ethyl adjacent to an activating group) is 1. The Balaban J connectivity index is 1.93. The molecule has 1 unspecified atom stereocenters. The highest BCUT2D eigenvalue weighted by molar-refractivity contribution is 7.11. The molecule has 4 nitrogen and oxygen atoms in total. The van der Waals surface area contributed by atoms with Gasteiger partial charge in [0.2, 0.25) is 0 Å². The van der Waals surface area contributed by atoms with E-state index in [1.165, 1.54) is 15.4 Å². The van der Waals surface area contributed by atoms with Crippen molar-refractivity contribution in [3.63, 3.8) is 0 Å². The lowest BCUT2D eigenvalue weighted by molar-refractivity contribution is 0.594. The second-order valence-corrected chi connectivity index (χ2v) is 6.21. The number of fused-ring (bicyclic) bond motifs is 1. The first-order valence-electron chi connectivity index (χ1n) is 6.71. The Bertz CT molecular complexity index is 709. The van der Waals surface area contributed by atoms with E-state index in [2.05, 4.69) is 35.3 Å². The van der Waals surface area contributed by atoms with Crippen LogP contribution in [-0.4, -0.2) is 21.6 Å². The SMILES string of the molecule is CNC(Cc1nc(C)c(C)s1)c1cnn2ccccc12. The van der Waals surface area contributed by atoms with Crippen LogP contribution in [0.4, 0.5) is 0 Å². The van der Waals surface area contributed by atoms with Crippen molar-refractivity contribution in [2.45, 2.75) is 26.3 Å². The summed E-state index contributed by atoms with van der Waals surface area (Å²) in [4.78, 5) is 5.94. The maximum atomic E-state index is 4.64. The molecule has 1 atom stereocenters. The summed E-state index contributed by atoms with van der Waals surface area (Å²) >= 11 is 1.78. The summed E-state index contributed by atoms with van der Waals surface area (Å²) in [6.45, 7) is 4.19. The van der Waals surface area contributed by atoms with Crippen molar-refractivity contribution in [1.82, 2.24) is 19.9 Å². The average Bonchev–Trinajstić information content (AvgIpc) is 3.00. The minimum Gasteiger partial charge on any atom is -0.313 e. The van der Waals surface area contributed by atoms with E-state index in [1.807, 2.05) is 36.1 Å². The van der Waals surface area contributed by atoms with E-state index in [9.17, 15) is 0 Å². The van der Waals surface area contributed by atoms with Crippen LogP contribution in [0.5, 0.6) is 0 Å². The summed E-state index contributed by atoms with van der Waals surface area (Å²) < 4.78 is 1.91. The van der Waals surface area contributed by atoms with Crippen LogP contribution < -0.4 is 5.32 Å². The lowest BCUT2D eigenvalue weighted by Crippen LogP contribution is -2.18. The standard InChI is InChI=1S/C15H18N4S/c1-10-11(2)20-15(18-10)8-13(16-3)12-9-17-19-7-5-4-6-14(12)19/h4-7,9,13,16H,8H2,1-3H3. The number of hydrogen-bond donors (Lipinski definition) is 1. The molecule has 0 radical (unpaired) electrons. The molecule has 0 bridgehead atoms. The van der Waals surface area contributed by atoms with E-state index in [0.29, 0.717) is 0 Å². The lowest BCUT2D eigenvalue weighted by atomic mass is 10.1. The van der Waals surface area contributed by atoms with Crippen LogP contribution in [-0.2, 0) is 6.42 Å². The summed E-state index contributed by atoms with van der Waals surface area (Å²) in [5, 5.41) is 8.97. The van der Waals surface area contributed by atoms with Gasteiger partial charge >= 0.3 is 0 Å². The van der Waals surface area contributed by atoms with Crippen molar-refractivity contribution in [2.24, 2.45) is 0 Å². The summed E-state index contributed by atoms with van der Waals surface area (Å²) in [5.41, 5.74) is 3.51. The number of nitrogens with one attached hydrogen (secondary N) is 1. The first kappa shape index (κ1) is 13.3. The van der Waals surface area contributed by atoms with Crippen molar-refractivity contribution in [2.75, 3.05) is 7.05 Å². The Morgan fingerprint density at radius 1 is 1.35 bits per heavy atom. The molecule has 3 heterocycles. The van der Waals surface area contributed by atoms with Gasteiger partial charge in [-0.05, 0) is 33.0 Å². The van der Waals surface area contributed by atoms with Crippen molar-refractivity contribution < 1.29 is 0 Å². The molecule has 20 heavy (non-hydrogen) atoms. The van der Waals surface area contributed by atoms with E-state index < -0.39 is 0 Å². The van der Waals surface area contributed by atoms with Crippen LogP contribution in [0.15, 0.2) is 30.6 Å². The number of rotatable bonds is 4. The van der Waals surface area contributed by atoms with Crippen LogP contribution in [0, 0.1) is 13.8 Å². The molecule has 3 rings (SSSR count). The monoisotopic (exact) mass is 286 g/mol. The van der Waals surface area contributed by atoms with Crippen LogP contribution in [0.1, 0.15) is 27.2 Å². The first-order chi connectivity index (χ1) is 9.69. The van der Waals surface area contributed by atoms with Crippen LogP contribution >= 0.6 is 11.3 Å². The zero-order valence-corrected chi connectivity index (χ0v) is 12.7. The predicted octanol–water partition coefficient (Wildman–Crippen LogP) is 2.91. The maximum Gasteiger partial charge on any atom is 0.0949 e. The average molecular weight is 286 g/mol. The molecule has 0 fully saturated rings. The van der Waals surface area contributed by atoms with Gasteiger partial charge in [0.15, 0.2) is 0 Å². The second kappa shape index (κ2) is 5.34. The van der Waals surface area contributed by atoms with Crippen molar-refractivity contribution in [3.05, 3.63) is 51.7 Å². The van der Waals surface area contributed by atoms with E-state index in [-0.39, 0.29) is 6.04 Å². The Morgan fingerprint density at radius 3 is 2.90 bits per heavy atom. The summed E-state index contributed by atoms with van der Waals surface area (Å²) in [7, 11) is 1.99. The molecule has 0 saturated heterocycles. The highest BCUT2D eigenvalue weighted by Crippen LogP contribution is 2.25. The third-order valence-corrected chi connectivity index (χ3v) is 4.73. The van der Waals surface area contributed by atoms with Gasteiger partial charge in [-0.3, -0.25) is 0 Å². The lowest BCUT2D eigenvalue weighted by Gasteiger charge is -2.13. The minimum absolute atomic E-state index is 0.236. The maximum absolute atomic E-state index is 4.64. The molecule has 0 aromatic carbocycles. The topological polar surface area (TPSA) is 42.2 Å². The Hall–Kier alpha value is -1.72. The Labute approximate surface area is 122 Å². The minimum atomic E-state index is 0.236. The van der Waals surface area contributed by atoms with Gasteiger partial charge in [-0.25, -0.2) is 9.50 Å². The number of thiazole rings is 1. The largest absolute Gasteiger partial charge is 0.313 e. The van der Waals surface area contributed by atoms with Crippen LogP contribution in [0.3, 0.4) is 0 Å². The van der Waals surface area contributed by atoms with Gasteiger partial charge in [-0.2, -0.15) is 5.10 Å². The third kappa shape index (κ3) is 2.34. The molecule has 104 valence electrons. The van der Waals surface area contributed by atoms with Crippen molar-refractivity contribution in [1.29, 1.82) is 0 Å². The fourth-order valence-corrected chi connectivity index (χ4v) is 3.37. The summed E-state index contributed by atoms with van der Waals surface area (Å²) in [5.74, 6) is 0. The number of pyridine rings is 1. The number of nitrogens with zero attached hydrogens (tertiary/aromatic N) is 3. The molecular weight excluding hydrogens is 268 g/mol. The summed E-state index contributed by atoms with van der Waals surface area (Å²) in [6, 6.07) is 6.38. The van der Waals surface area contributed by atoms with E-state index in [4.69, 9.17) is 0 Å². The molecule has 0 aliphatic heterocycles. The Morgan fingerprint density at radius 2 is 2.20 bits per heavy atom. The van der Waals surface area contributed by atoms with E-state index >= 15 is 0 Å². The molecule has 3 aromatic rings. The number of aromatic nitrogens is 3. The van der Waals surface area contributed by atoms with Crippen LogP contribution in [0.2, 0.25) is 0 Å². The molecule has 1 N–H and O–H groups in total. The zero-order valence-electron chi connectivity index (χ0n) is 11.9. The number of aryl methyl sites for hydroxylation is 2. The predicted molar refractivity (Wildman–Crippen MR) is 82.3 cm³/mol. The zero-order chi connectivity index (χ0) is 14.1. The van der Waals surface area contributed by atoms with Crippen molar-refractivity contribution in [3.8, 4) is 0 Å². The fourth-order valence-electron chi connectivity index (χ4n) is 2.39. The Kier molecular flexibility index (Phi) is 3.54. The van der Waals surface area contributed by atoms with Gasteiger partial charge in [0.1, 0.15) is 0 Å². The molecule has 0 aliphatic rings. The van der Waals surface area contributed by atoms with Gasteiger partial charge in [0.05, 0.1) is 22.4 Å². The quantitative estimate of drug-likeness (QED) is 0.802. The molecular formula is C15H18N4S. The summed E-state index contributed by atoms with van der Waals surface area (Å²) in [6.07, 6.45) is 4.82. The second-order valence-electron chi connectivity index (χ2n) is 4.92.